The lowest BCUT2D eigenvalue weighted by Crippen LogP contribution is -2.48. The second-order valence-electron chi connectivity index (χ2n) is 6.20. The summed E-state index contributed by atoms with van der Waals surface area (Å²) in [5.41, 5.74) is -0.129. The molecule has 1 aliphatic rings. The van der Waals surface area contributed by atoms with Gasteiger partial charge in [0, 0.05) is 6.04 Å². The molecule has 0 saturated heterocycles. The number of nitrogens with one attached hydrogen (secondary N) is 2. The number of para-hydroxylation sites is 1. The van der Waals surface area contributed by atoms with Gasteiger partial charge in [-0.3, -0.25) is 10.1 Å². The lowest BCUT2D eigenvalue weighted by molar-refractivity contribution is -0.127. The topological polar surface area (TPSA) is 114 Å². The molecular formula is C18H24N2O6. The van der Waals surface area contributed by atoms with Crippen LogP contribution in [0.5, 0.6) is 11.5 Å². The molecule has 0 heterocycles. The SMILES string of the molecule is COc1cccc(C(=O)OC(C)C(=O)NC(=O)NC2CCCCC2)c1O. The Bertz CT molecular complexity index is 670. The average molecular weight is 364 g/mol. The number of carbonyl (C=O) groups excluding carboxylic acids is 3. The molecule has 0 spiro atoms. The van der Waals surface area contributed by atoms with E-state index in [9.17, 15) is 19.5 Å². The van der Waals surface area contributed by atoms with Crippen LogP contribution in [0.15, 0.2) is 18.2 Å². The highest BCUT2D eigenvalue weighted by molar-refractivity contribution is 5.99. The molecular weight excluding hydrogens is 340 g/mol. The van der Waals surface area contributed by atoms with Gasteiger partial charge in [0.2, 0.25) is 0 Å². The number of ether oxygens (including phenoxy) is 2. The molecule has 8 heteroatoms. The number of phenolic OH excluding ortho intramolecular Hbond substituents is 1. The van der Waals surface area contributed by atoms with Crippen molar-refractivity contribution in [1.29, 1.82) is 0 Å². The zero-order chi connectivity index (χ0) is 19.1. The summed E-state index contributed by atoms with van der Waals surface area (Å²) in [4.78, 5) is 36.0. The largest absolute Gasteiger partial charge is 0.504 e. The fourth-order valence-corrected chi connectivity index (χ4v) is 2.81. The molecule has 142 valence electrons. The molecule has 0 radical (unpaired) electrons. The number of amides is 3. The number of aromatic hydroxyl groups is 1. The van der Waals surface area contributed by atoms with Crippen LogP contribution >= 0.6 is 0 Å². The van der Waals surface area contributed by atoms with Gasteiger partial charge < -0.3 is 19.9 Å². The number of hydrogen-bond donors (Lipinski definition) is 3. The number of carbonyl (C=O) groups is 3. The monoisotopic (exact) mass is 364 g/mol. The van der Waals surface area contributed by atoms with Crippen LogP contribution in [-0.4, -0.2) is 42.3 Å². The third kappa shape index (κ3) is 5.11. The predicted molar refractivity (Wildman–Crippen MR) is 93.1 cm³/mol. The molecule has 1 aromatic carbocycles. The summed E-state index contributed by atoms with van der Waals surface area (Å²) >= 11 is 0. The number of urea groups is 1. The van der Waals surface area contributed by atoms with Gasteiger partial charge in [-0.05, 0) is 31.9 Å². The van der Waals surface area contributed by atoms with Crippen molar-refractivity contribution in [3.63, 3.8) is 0 Å². The van der Waals surface area contributed by atoms with Crippen molar-refractivity contribution in [3.8, 4) is 11.5 Å². The van der Waals surface area contributed by atoms with Crippen LogP contribution in [0.3, 0.4) is 0 Å². The number of hydrogen-bond acceptors (Lipinski definition) is 6. The lowest BCUT2D eigenvalue weighted by atomic mass is 9.96. The number of esters is 1. The molecule has 2 rings (SSSR count). The quantitative estimate of drug-likeness (QED) is 0.690. The van der Waals surface area contributed by atoms with Gasteiger partial charge in [-0.15, -0.1) is 0 Å². The van der Waals surface area contributed by atoms with Crippen LogP contribution < -0.4 is 15.4 Å². The van der Waals surface area contributed by atoms with Crippen molar-refractivity contribution in [2.24, 2.45) is 0 Å². The normalized spacial score (nSPS) is 15.6. The molecule has 3 N–H and O–H groups in total. The Hall–Kier alpha value is -2.77. The fourth-order valence-electron chi connectivity index (χ4n) is 2.81. The molecule has 1 aromatic rings. The van der Waals surface area contributed by atoms with Crippen LogP contribution in [0.25, 0.3) is 0 Å². The predicted octanol–water partition coefficient (Wildman–Crippen LogP) is 2.10. The summed E-state index contributed by atoms with van der Waals surface area (Å²) in [6, 6.07) is 3.80. The first-order valence-corrected chi connectivity index (χ1v) is 8.60. The summed E-state index contributed by atoms with van der Waals surface area (Å²) < 4.78 is 9.95. The van der Waals surface area contributed by atoms with E-state index in [1.54, 1.807) is 0 Å². The highest BCUT2D eigenvalue weighted by atomic mass is 16.5. The number of imide groups is 1. The third-order valence-electron chi connectivity index (χ3n) is 4.27. The zero-order valence-corrected chi connectivity index (χ0v) is 14.9. The van der Waals surface area contributed by atoms with E-state index < -0.39 is 24.0 Å². The van der Waals surface area contributed by atoms with Gasteiger partial charge in [0.05, 0.1) is 7.11 Å². The number of benzene rings is 1. The minimum absolute atomic E-state index is 0.0585. The number of phenols is 1. The zero-order valence-electron chi connectivity index (χ0n) is 14.9. The Morgan fingerprint density at radius 1 is 1.19 bits per heavy atom. The van der Waals surface area contributed by atoms with Gasteiger partial charge in [-0.2, -0.15) is 0 Å². The van der Waals surface area contributed by atoms with Crippen LogP contribution in [0.1, 0.15) is 49.4 Å². The molecule has 1 fully saturated rings. The summed E-state index contributed by atoms with van der Waals surface area (Å²) in [6.07, 6.45) is 3.84. The molecule has 0 bridgehead atoms. The Kier molecular flexibility index (Phi) is 6.82. The molecule has 1 aliphatic carbocycles. The van der Waals surface area contributed by atoms with Crippen LogP contribution in [0.4, 0.5) is 4.79 Å². The van der Waals surface area contributed by atoms with Gasteiger partial charge in [0.15, 0.2) is 17.6 Å². The lowest BCUT2D eigenvalue weighted by Gasteiger charge is -2.23. The highest BCUT2D eigenvalue weighted by Gasteiger charge is 2.24. The number of rotatable bonds is 5. The molecule has 0 aromatic heterocycles. The van der Waals surface area contributed by atoms with Gasteiger partial charge in [-0.25, -0.2) is 9.59 Å². The summed E-state index contributed by atoms with van der Waals surface area (Å²) in [7, 11) is 1.35. The van der Waals surface area contributed by atoms with E-state index >= 15 is 0 Å². The maximum absolute atomic E-state index is 12.1. The van der Waals surface area contributed by atoms with Gasteiger partial charge in [0.1, 0.15) is 5.56 Å². The standard InChI is InChI=1S/C18H24N2O6/c1-11(16(22)20-18(24)19-12-7-4-3-5-8-12)26-17(23)13-9-6-10-14(25-2)15(13)21/h6,9-12,21H,3-5,7-8H2,1-2H3,(H2,19,20,22,24). The second-order valence-corrected chi connectivity index (χ2v) is 6.20. The summed E-state index contributed by atoms with van der Waals surface area (Å²) in [5, 5.41) is 14.9. The molecule has 0 aliphatic heterocycles. The molecule has 1 unspecified atom stereocenters. The van der Waals surface area contributed by atoms with E-state index in [2.05, 4.69) is 10.6 Å². The first kappa shape index (κ1) is 19.6. The number of methoxy groups -OCH3 is 1. The summed E-state index contributed by atoms with van der Waals surface area (Å²) in [6.45, 7) is 1.35. The molecule has 1 atom stereocenters. The Balaban J connectivity index is 1.88. The van der Waals surface area contributed by atoms with Crippen LogP contribution in [-0.2, 0) is 9.53 Å². The molecule has 8 nitrogen and oxygen atoms in total. The Morgan fingerprint density at radius 2 is 1.88 bits per heavy atom. The van der Waals surface area contributed by atoms with Crippen molar-refractivity contribution < 1.29 is 29.0 Å². The minimum atomic E-state index is -1.20. The summed E-state index contributed by atoms with van der Waals surface area (Å²) in [5.74, 6) is -1.89. The fraction of sp³-hybridized carbons (Fsp3) is 0.500. The van der Waals surface area contributed by atoms with Crippen LogP contribution in [0, 0.1) is 0 Å². The molecule has 26 heavy (non-hydrogen) atoms. The molecule has 3 amide bonds. The van der Waals surface area contributed by atoms with E-state index in [0.717, 1.165) is 32.1 Å². The highest BCUT2D eigenvalue weighted by Crippen LogP contribution is 2.29. The second kappa shape index (κ2) is 9.07. The van der Waals surface area contributed by atoms with E-state index in [4.69, 9.17) is 9.47 Å². The first-order chi connectivity index (χ1) is 12.4. The smallest absolute Gasteiger partial charge is 0.342 e. The van der Waals surface area contributed by atoms with E-state index in [0.29, 0.717) is 0 Å². The van der Waals surface area contributed by atoms with E-state index in [1.165, 1.54) is 32.2 Å². The van der Waals surface area contributed by atoms with E-state index in [-0.39, 0.29) is 23.1 Å². The first-order valence-electron chi connectivity index (χ1n) is 8.60. The average Bonchev–Trinajstić information content (AvgIpc) is 2.62. The van der Waals surface area contributed by atoms with E-state index in [1.807, 2.05) is 0 Å². The maximum atomic E-state index is 12.1. The van der Waals surface area contributed by atoms with Crippen molar-refractivity contribution >= 4 is 17.9 Å². The minimum Gasteiger partial charge on any atom is -0.504 e. The van der Waals surface area contributed by atoms with Gasteiger partial charge in [0.25, 0.3) is 5.91 Å². The van der Waals surface area contributed by atoms with Crippen molar-refractivity contribution in [2.45, 2.75) is 51.2 Å². The maximum Gasteiger partial charge on any atom is 0.342 e. The van der Waals surface area contributed by atoms with Crippen molar-refractivity contribution in [2.75, 3.05) is 7.11 Å². The Morgan fingerprint density at radius 3 is 2.54 bits per heavy atom. The van der Waals surface area contributed by atoms with Gasteiger partial charge >= 0.3 is 12.0 Å². The van der Waals surface area contributed by atoms with Gasteiger partial charge in [-0.1, -0.05) is 25.3 Å². The van der Waals surface area contributed by atoms with Crippen molar-refractivity contribution in [1.82, 2.24) is 10.6 Å². The Labute approximate surface area is 151 Å². The molecule has 1 saturated carbocycles. The van der Waals surface area contributed by atoms with Crippen molar-refractivity contribution in [3.05, 3.63) is 23.8 Å². The third-order valence-corrected chi connectivity index (χ3v) is 4.27. The van der Waals surface area contributed by atoms with Crippen LogP contribution in [0.2, 0.25) is 0 Å².